The van der Waals surface area contributed by atoms with E-state index >= 15 is 0 Å². The molecule has 6 heteroatoms. The van der Waals surface area contributed by atoms with Crippen LogP contribution < -0.4 is 5.32 Å². The third-order valence-corrected chi connectivity index (χ3v) is 5.28. The van der Waals surface area contributed by atoms with Crippen molar-refractivity contribution in [1.29, 1.82) is 0 Å². The Morgan fingerprint density at radius 1 is 1.50 bits per heavy atom. The Labute approximate surface area is 125 Å². The summed E-state index contributed by atoms with van der Waals surface area (Å²) in [5.74, 6) is 1.49. The van der Waals surface area contributed by atoms with Crippen molar-refractivity contribution in [3.63, 3.8) is 0 Å². The van der Waals surface area contributed by atoms with Crippen LogP contribution in [0.25, 0.3) is 5.52 Å². The number of rotatable bonds is 3. The molecule has 0 amide bonds. The fourth-order valence-corrected chi connectivity index (χ4v) is 3.91. The van der Waals surface area contributed by atoms with Gasteiger partial charge in [0, 0.05) is 31.5 Å². The molecular weight excluding hydrogens is 320 g/mol. The van der Waals surface area contributed by atoms with Crippen LogP contribution >= 0.6 is 15.9 Å². The molecule has 20 heavy (non-hydrogen) atoms. The largest absolute Gasteiger partial charge is 0.375 e. The Bertz CT molecular complexity index is 635. The van der Waals surface area contributed by atoms with E-state index in [-0.39, 0.29) is 5.60 Å². The molecule has 5 nitrogen and oxygen atoms in total. The monoisotopic (exact) mass is 336 g/mol. The lowest BCUT2D eigenvalue weighted by molar-refractivity contribution is -0.104. The molecule has 1 aliphatic carbocycles. The molecule has 1 aliphatic heterocycles. The van der Waals surface area contributed by atoms with Crippen LogP contribution in [0.15, 0.2) is 23.1 Å². The zero-order valence-corrected chi connectivity index (χ0v) is 12.8. The van der Waals surface area contributed by atoms with E-state index in [0.717, 1.165) is 29.0 Å². The highest BCUT2D eigenvalue weighted by Gasteiger charge is 2.49. The molecular formula is C14H17BrN4O. The van der Waals surface area contributed by atoms with E-state index in [1.165, 1.54) is 25.7 Å². The van der Waals surface area contributed by atoms with Gasteiger partial charge < -0.3 is 10.1 Å². The average Bonchev–Trinajstić information content (AvgIpc) is 3.07. The Balaban J connectivity index is 1.52. The van der Waals surface area contributed by atoms with Crippen LogP contribution in [-0.4, -0.2) is 33.4 Å². The number of halogens is 1. The van der Waals surface area contributed by atoms with Crippen LogP contribution in [0.1, 0.15) is 25.7 Å². The predicted octanol–water partition coefficient (Wildman–Crippen LogP) is 2.86. The van der Waals surface area contributed by atoms with Crippen molar-refractivity contribution < 1.29 is 4.74 Å². The number of nitrogens with one attached hydrogen (secondary N) is 1. The van der Waals surface area contributed by atoms with Gasteiger partial charge in [0.1, 0.15) is 5.52 Å². The van der Waals surface area contributed by atoms with Gasteiger partial charge in [0.05, 0.1) is 16.3 Å². The Morgan fingerprint density at radius 2 is 2.45 bits per heavy atom. The van der Waals surface area contributed by atoms with Crippen molar-refractivity contribution in [2.24, 2.45) is 5.92 Å². The van der Waals surface area contributed by atoms with Gasteiger partial charge in [0.15, 0.2) is 5.82 Å². The molecule has 0 aromatic carbocycles. The molecule has 106 valence electrons. The minimum atomic E-state index is 0.162. The lowest BCUT2D eigenvalue weighted by Crippen LogP contribution is -2.49. The molecule has 2 aromatic rings. The third kappa shape index (κ3) is 1.85. The molecule has 1 spiro atoms. The van der Waals surface area contributed by atoms with Crippen LogP contribution in [0.5, 0.6) is 0 Å². The van der Waals surface area contributed by atoms with Gasteiger partial charge in [-0.2, -0.15) is 5.10 Å². The van der Waals surface area contributed by atoms with Crippen molar-refractivity contribution in [1.82, 2.24) is 14.6 Å². The fourth-order valence-electron chi connectivity index (χ4n) is 3.45. The summed E-state index contributed by atoms with van der Waals surface area (Å²) in [6.45, 7) is 1.85. The van der Waals surface area contributed by atoms with Crippen LogP contribution in [0, 0.1) is 5.92 Å². The quantitative estimate of drug-likeness (QED) is 0.936. The van der Waals surface area contributed by atoms with Crippen molar-refractivity contribution in [2.75, 3.05) is 18.5 Å². The minimum Gasteiger partial charge on any atom is -0.375 e. The summed E-state index contributed by atoms with van der Waals surface area (Å²) in [4.78, 5) is 4.44. The average molecular weight is 337 g/mol. The van der Waals surface area contributed by atoms with Crippen molar-refractivity contribution >= 4 is 27.3 Å². The molecule has 1 saturated heterocycles. The molecule has 2 unspecified atom stereocenters. The first-order valence-corrected chi connectivity index (χ1v) is 7.93. The van der Waals surface area contributed by atoms with Gasteiger partial charge in [-0.3, -0.25) is 0 Å². The smallest absolute Gasteiger partial charge is 0.153 e. The van der Waals surface area contributed by atoms with E-state index in [4.69, 9.17) is 4.74 Å². The summed E-state index contributed by atoms with van der Waals surface area (Å²) in [5, 5.41) is 7.76. The first kappa shape index (κ1) is 12.6. The van der Waals surface area contributed by atoms with Gasteiger partial charge in [-0.15, -0.1) is 0 Å². The number of hydrogen-bond acceptors (Lipinski definition) is 4. The number of aromatic nitrogens is 3. The summed E-state index contributed by atoms with van der Waals surface area (Å²) in [5.41, 5.74) is 1.16. The molecule has 1 saturated carbocycles. The maximum atomic E-state index is 5.99. The highest BCUT2D eigenvalue weighted by Crippen LogP contribution is 2.48. The van der Waals surface area contributed by atoms with Gasteiger partial charge in [-0.1, -0.05) is 0 Å². The molecule has 0 radical (unpaired) electrons. The molecule has 4 rings (SSSR count). The Morgan fingerprint density at radius 3 is 3.20 bits per heavy atom. The first-order chi connectivity index (χ1) is 9.78. The van der Waals surface area contributed by atoms with Crippen LogP contribution in [0.3, 0.4) is 0 Å². The predicted molar refractivity (Wildman–Crippen MR) is 79.8 cm³/mol. The second-order valence-electron chi connectivity index (χ2n) is 5.69. The zero-order valence-electron chi connectivity index (χ0n) is 11.2. The number of fused-ring (bicyclic) bond motifs is 1. The van der Waals surface area contributed by atoms with E-state index in [1.54, 1.807) is 12.4 Å². The minimum absolute atomic E-state index is 0.162. The van der Waals surface area contributed by atoms with Crippen molar-refractivity contribution in [3.8, 4) is 0 Å². The molecule has 2 atom stereocenters. The Hall–Kier alpha value is -1.14. The van der Waals surface area contributed by atoms with Gasteiger partial charge in [0.2, 0.25) is 0 Å². The molecule has 0 bridgehead atoms. The summed E-state index contributed by atoms with van der Waals surface area (Å²) in [6, 6.07) is 0. The highest BCUT2D eigenvalue weighted by molar-refractivity contribution is 9.10. The van der Waals surface area contributed by atoms with Crippen LogP contribution in [0.2, 0.25) is 0 Å². The molecule has 1 N–H and O–H groups in total. The molecule has 2 aliphatic rings. The van der Waals surface area contributed by atoms with E-state index in [2.05, 4.69) is 31.3 Å². The first-order valence-electron chi connectivity index (χ1n) is 7.14. The van der Waals surface area contributed by atoms with Gasteiger partial charge in [-0.25, -0.2) is 9.50 Å². The maximum Gasteiger partial charge on any atom is 0.153 e. The second kappa shape index (κ2) is 4.70. The standard InChI is InChI=1S/C14H17BrN4O/c15-11-9-18-19-6-5-16-13(12(11)19)17-8-10-2-4-14(10)3-1-7-20-14/h5-6,9-10H,1-4,7-8H2,(H,16,17). The Kier molecular flexibility index (Phi) is 2.96. The van der Waals surface area contributed by atoms with Crippen LogP contribution in [0.4, 0.5) is 5.82 Å². The van der Waals surface area contributed by atoms with Gasteiger partial charge in [-0.05, 0) is 41.6 Å². The van der Waals surface area contributed by atoms with Crippen molar-refractivity contribution in [2.45, 2.75) is 31.3 Å². The fraction of sp³-hybridized carbons (Fsp3) is 0.571. The van der Waals surface area contributed by atoms with E-state index < -0.39 is 0 Å². The molecule has 2 aromatic heterocycles. The number of nitrogens with zero attached hydrogens (tertiary/aromatic N) is 3. The summed E-state index contributed by atoms with van der Waals surface area (Å²) in [7, 11) is 0. The van der Waals surface area contributed by atoms with Gasteiger partial charge >= 0.3 is 0 Å². The maximum absolute atomic E-state index is 5.99. The number of ether oxygens (including phenoxy) is 1. The topological polar surface area (TPSA) is 51.5 Å². The summed E-state index contributed by atoms with van der Waals surface area (Å²) in [6.07, 6.45) is 10.3. The third-order valence-electron chi connectivity index (χ3n) is 4.70. The van der Waals surface area contributed by atoms with Crippen molar-refractivity contribution in [3.05, 3.63) is 23.1 Å². The molecule has 3 heterocycles. The van der Waals surface area contributed by atoms with Gasteiger partial charge in [0.25, 0.3) is 0 Å². The van der Waals surface area contributed by atoms with Crippen LogP contribution in [-0.2, 0) is 4.74 Å². The number of hydrogen-bond donors (Lipinski definition) is 1. The summed E-state index contributed by atoms with van der Waals surface area (Å²) < 4.78 is 8.79. The van der Waals surface area contributed by atoms with E-state index in [9.17, 15) is 0 Å². The van der Waals surface area contributed by atoms with E-state index in [0.29, 0.717) is 5.92 Å². The second-order valence-corrected chi connectivity index (χ2v) is 6.55. The van der Waals surface area contributed by atoms with E-state index in [1.807, 2.05) is 10.7 Å². The lowest BCUT2D eigenvalue weighted by Gasteiger charge is -2.46. The highest BCUT2D eigenvalue weighted by atomic mass is 79.9. The SMILES string of the molecule is Brc1cnn2ccnc(NCC3CCC34CCCO4)c12. The molecule has 2 fully saturated rings. The zero-order chi connectivity index (χ0) is 13.6. The number of anilines is 1. The normalized spacial score (nSPS) is 28.9. The lowest BCUT2D eigenvalue weighted by atomic mass is 9.68. The summed E-state index contributed by atoms with van der Waals surface area (Å²) >= 11 is 3.53.